The van der Waals surface area contributed by atoms with Crippen molar-refractivity contribution in [3.8, 4) is 28.4 Å². The third-order valence-electron chi connectivity index (χ3n) is 10.6. The second-order valence-electron chi connectivity index (χ2n) is 13.1. The van der Waals surface area contributed by atoms with E-state index in [4.69, 9.17) is 25.8 Å². The molecule has 3 fully saturated rings. The van der Waals surface area contributed by atoms with E-state index in [1.807, 2.05) is 0 Å². The normalized spacial score (nSPS) is 21.4. The molecule has 46 heavy (non-hydrogen) atoms. The number of aliphatic hydroxyl groups is 1. The average molecular weight is 649 g/mol. The SMILES string of the molecule is COc1cc(OCc2cccc(-c3cccc(OCCCN4CCCC4)c3C)c2C)c(Cl)cc1CNC1C2(CC2)C1(CO)C(=O)O. The van der Waals surface area contributed by atoms with Crippen molar-refractivity contribution in [3.05, 3.63) is 75.8 Å². The monoisotopic (exact) mass is 648 g/mol. The number of carboxylic acid groups (broad SMARTS) is 1. The number of halogens is 1. The molecule has 2 unspecified atom stereocenters. The summed E-state index contributed by atoms with van der Waals surface area (Å²) in [6.07, 6.45) is 5.25. The summed E-state index contributed by atoms with van der Waals surface area (Å²) in [5, 5.41) is 23.5. The molecule has 3 aromatic carbocycles. The van der Waals surface area contributed by atoms with Gasteiger partial charge in [-0.25, -0.2) is 0 Å². The molecule has 3 N–H and O–H groups in total. The van der Waals surface area contributed by atoms with E-state index < -0.39 is 11.4 Å². The van der Waals surface area contributed by atoms with E-state index in [-0.39, 0.29) is 18.1 Å². The highest BCUT2D eigenvalue weighted by Gasteiger charge is 2.85. The van der Waals surface area contributed by atoms with Crippen molar-refractivity contribution in [2.45, 2.75) is 65.1 Å². The van der Waals surface area contributed by atoms with Crippen LogP contribution in [0.15, 0.2) is 48.5 Å². The molecule has 1 heterocycles. The van der Waals surface area contributed by atoms with Gasteiger partial charge in [-0.2, -0.15) is 0 Å². The van der Waals surface area contributed by atoms with Crippen LogP contribution in [0.2, 0.25) is 5.02 Å². The van der Waals surface area contributed by atoms with Gasteiger partial charge in [0.25, 0.3) is 0 Å². The fraction of sp³-hybridized carbons (Fsp3) is 0.486. The summed E-state index contributed by atoms with van der Waals surface area (Å²) in [6.45, 7) is 8.77. The van der Waals surface area contributed by atoms with Crippen molar-refractivity contribution in [3.63, 3.8) is 0 Å². The van der Waals surface area contributed by atoms with E-state index >= 15 is 0 Å². The zero-order valence-electron chi connectivity index (χ0n) is 27.0. The maximum Gasteiger partial charge on any atom is 0.314 e. The Hall–Kier alpha value is -3.30. The van der Waals surface area contributed by atoms with Gasteiger partial charge in [0, 0.05) is 36.2 Å². The largest absolute Gasteiger partial charge is 0.496 e. The molecule has 2 atom stereocenters. The van der Waals surface area contributed by atoms with Gasteiger partial charge in [-0.1, -0.05) is 41.9 Å². The molecule has 0 bridgehead atoms. The number of ether oxygens (including phenoxy) is 3. The molecule has 0 amide bonds. The molecule has 6 rings (SSSR count). The number of likely N-dealkylation sites (tertiary alicyclic amines) is 1. The smallest absolute Gasteiger partial charge is 0.314 e. The van der Waals surface area contributed by atoms with E-state index in [1.165, 1.54) is 25.9 Å². The Kier molecular flexibility index (Phi) is 9.53. The van der Waals surface area contributed by atoms with Crippen LogP contribution in [0.1, 0.15) is 54.4 Å². The Labute approximate surface area is 276 Å². The van der Waals surface area contributed by atoms with Gasteiger partial charge in [0.1, 0.15) is 29.3 Å². The van der Waals surface area contributed by atoms with E-state index in [2.05, 4.69) is 60.5 Å². The number of nitrogens with one attached hydrogen (secondary N) is 1. The Morgan fingerprint density at radius 3 is 2.35 bits per heavy atom. The lowest BCUT2D eigenvalue weighted by molar-refractivity contribution is -0.146. The third-order valence-corrected chi connectivity index (χ3v) is 10.9. The number of hydrogen-bond donors (Lipinski definition) is 3. The molecular formula is C37H45ClN2O6. The lowest BCUT2D eigenvalue weighted by Crippen LogP contribution is -2.31. The zero-order chi connectivity index (χ0) is 32.5. The van der Waals surface area contributed by atoms with Gasteiger partial charge < -0.3 is 34.6 Å². The number of carboxylic acids is 1. The van der Waals surface area contributed by atoms with E-state index in [9.17, 15) is 15.0 Å². The Morgan fingerprint density at radius 1 is 0.978 bits per heavy atom. The molecule has 3 aromatic rings. The van der Waals surface area contributed by atoms with Crippen LogP contribution in [0.4, 0.5) is 0 Å². The molecule has 1 spiro atoms. The second kappa shape index (κ2) is 13.4. The molecule has 2 saturated carbocycles. The van der Waals surface area contributed by atoms with Gasteiger partial charge >= 0.3 is 5.97 Å². The minimum Gasteiger partial charge on any atom is -0.496 e. The minimum absolute atomic E-state index is 0.284. The summed E-state index contributed by atoms with van der Waals surface area (Å²) in [5.41, 5.74) is 4.92. The van der Waals surface area contributed by atoms with Gasteiger partial charge in [0.2, 0.25) is 0 Å². The molecule has 9 heteroatoms. The van der Waals surface area contributed by atoms with Crippen molar-refractivity contribution < 1.29 is 29.2 Å². The highest BCUT2D eigenvalue weighted by atomic mass is 35.5. The van der Waals surface area contributed by atoms with Gasteiger partial charge in [-0.05, 0) is 99.0 Å². The highest BCUT2D eigenvalue weighted by Crippen LogP contribution is 2.78. The Balaban J connectivity index is 1.11. The summed E-state index contributed by atoms with van der Waals surface area (Å²) < 4.78 is 18.1. The number of nitrogens with zero attached hydrogens (tertiary/aromatic N) is 1. The van der Waals surface area contributed by atoms with E-state index in [0.717, 1.165) is 64.9 Å². The van der Waals surface area contributed by atoms with Crippen LogP contribution >= 0.6 is 11.6 Å². The topological polar surface area (TPSA) is 100 Å². The van der Waals surface area contributed by atoms with Crippen LogP contribution < -0.4 is 19.5 Å². The number of aliphatic carboxylic acids is 1. The fourth-order valence-corrected chi connectivity index (χ4v) is 7.85. The standard InChI is InChI=1S/C37H45ClN2O6/c1-24-26(9-6-10-28(24)29-11-7-12-31(25(29)2)45-18-8-17-40-15-4-5-16-40)22-46-33-20-32(44-3)27(19-30(33)38)21-39-34-36(13-14-36)37(34,23-41)35(42)43/h6-7,9-12,19-20,34,39,41H,4-5,8,13-18,21-23H2,1-3H3,(H,42,43). The molecule has 0 radical (unpaired) electrons. The number of methoxy groups -OCH3 is 1. The number of benzene rings is 3. The van der Waals surface area contributed by atoms with Crippen LogP contribution in [0, 0.1) is 24.7 Å². The first-order valence-electron chi connectivity index (χ1n) is 16.4. The lowest BCUT2D eigenvalue weighted by Gasteiger charge is -2.18. The van der Waals surface area contributed by atoms with Crippen molar-refractivity contribution >= 4 is 17.6 Å². The molecular weight excluding hydrogens is 604 g/mol. The molecule has 1 aliphatic heterocycles. The van der Waals surface area contributed by atoms with E-state index in [0.29, 0.717) is 36.3 Å². The average Bonchev–Trinajstić information content (AvgIpc) is 3.87. The quantitative estimate of drug-likeness (QED) is 0.163. The molecule has 2 aliphatic carbocycles. The van der Waals surface area contributed by atoms with Gasteiger partial charge in [-0.3, -0.25) is 4.79 Å². The fourth-order valence-electron chi connectivity index (χ4n) is 7.61. The summed E-state index contributed by atoms with van der Waals surface area (Å²) in [7, 11) is 1.59. The summed E-state index contributed by atoms with van der Waals surface area (Å²) in [5.74, 6) is 1.08. The Bertz CT molecular complexity index is 1580. The number of aliphatic hydroxyl groups excluding tert-OH is 1. The van der Waals surface area contributed by atoms with Crippen LogP contribution in [0.3, 0.4) is 0 Å². The molecule has 0 aromatic heterocycles. The second-order valence-corrected chi connectivity index (χ2v) is 13.5. The first-order valence-corrected chi connectivity index (χ1v) is 16.7. The lowest BCUT2D eigenvalue weighted by atomic mass is 9.93. The van der Waals surface area contributed by atoms with Crippen LogP contribution in [0.25, 0.3) is 11.1 Å². The minimum atomic E-state index is -1.11. The van der Waals surface area contributed by atoms with Crippen molar-refractivity contribution in [2.75, 3.05) is 40.0 Å². The summed E-state index contributed by atoms with van der Waals surface area (Å²) >= 11 is 6.69. The maximum absolute atomic E-state index is 12.0. The Morgan fingerprint density at radius 2 is 1.70 bits per heavy atom. The number of rotatable bonds is 15. The summed E-state index contributed by atoms with van der Waals surface area (Å²) in [4.78, 5) is 14.5. The maximum atomic E-state index is 12.0. The van der Waals surface area contributed by atoms with Crippen molar-refractivity contribution in [1.82, 2.24) is 10.2 Å². The van der Waals surface area contributed by atoms with Crippen LogP contribution in [0.5, 0.6) is 17.2 Å². The predicted octanol–water partition coefficient (Wildman–Crippen LogP) is 6.39. The summed E-state index contributed by atoms with van der Waals surface area (Å²) in [6, 6.07) is 15.8. The number of carbonyl (C=O) groups is 1. The van der Waals surface area contributed by atoms with Crippen LogP contribution in [-0.4, -0.2) is 67.1 Å². The molecule has 8 nitrogen and oxygen atoms in total. The van der Waals surface area contributed by atoms with Crippen molar-refractivity contribution in [2.24, 2.45) is 10.8 Å². The molecule has 246 valence electrons. The molecule has 3 aliphatic rings. The third kappa shape index (κ3) is 5.97. The van der Waals surface area contributed by atoms with Crippen molar-refractivity contribution in [1.29, 1.82) is 0 Å². The van der Waals surface area contributed by atoms with Gasteiger partial charge in [-0.15, -0.1) is 0 Å². The van der Waals surface area contributed by atoms with Crippen LogP contribution in [-0.2, 0) is 17.9 Å². The molecule has 1 saturated heterocycles. The van der Waals surface area contributed by atoms with Gasteiger partial charge in [0.05, 0.1) is 25.3 Å². The highest BCUT2D eigenvalue weighted by molar-refractivity contribution is 6.32. The predicted molar refractivity (Wildman–Crippen MR) is 179 cm³/mol. The first-order chi connectivity index (χ1) is 22.3. The zero-order valence-corrected chi connectivity index (χ0v) is 27.8. The number of hydrogen-bond acceptors (Lipinski definition) is 7. The van der Waals surface area contributed by atoms with E-state index in [1.54, 1.807) is 19.2 Å². The first kappa shape index (κ1) is 32.6. The van der Waals surface area contributed by atoms with Gasteiger partial charge in [0.15, 0.2) is 0 Å².